The molecule has 2 nitrogen and oxygen atoms in total. The van der Waals surface area contributed by atoms with Gasteiger partial charge in [0.25, 0.3) is 0 Å². The van der Waals surface area contributed by atoms with E-state index in [1.807, 2.05) is 31.2 Å². The zero-order valence-corrected chi connectivity index (χ0v) is 10.6. The van der Waals surface area contributed by atoms with Crippen LogP contribution in [0.2, 0.25) is 4.34 Å². The molecule has 1 unspecified atom stereocenters. The first-order chi connectivity index (χ1) is 7.66. The maximum absolute atomic E-state index is 6.14. The Morgan fingerprint density at radius 1 is 1.44 bits per heavy atom. The topological polar surface area (TPSA) is 38.9 Å². The molecule has 0 aromatic carbocycles. The van der Waals surface area contributed by atoms with Gasteiger partial charge in [0.05, 0.1) is 16.1 Å². The third-order valence-corrected chi connectivity index (χ3v) is 3.70. The molecule has 2 heterocycles. The summed E-state index contributed by atoms with van der Waals surface area (Å²) < 4.78 is 0.806. The molecule has 2 aromatic rings. The van der Waals surface area contributed by atoms with Gasteiger partial charge >= 0.3 is 0 Å². The molecule has 0 aliphatic rings. The molecule has 4 heteroatoms. The molecule has 0 saturated heterocycles. The normalized spacial score (nSPS) is 12.7. The number of thiophene rings is 1. The minimum atomic E-state index is -0.0593. The Morgan fingerprint density at radius 2 is 2.25 bits per heavy atom. The summed E-state index contributed by atoms with van der Waals surface area (Å²) in [5.41, 5.74) is 8.24. The molecule has 16 heavy (non-hydrogen) atoms. The molecule has 0 bridgehead atoms. The fraction of sp³-hybridized carbons (Fsp3) is 0.250. The van der Waals surface area contributed by atoms with Gasteiger partial charge in [-0.25, -0.2) is 0 Å². The second-order valence-electron chi connectivity index (χ2n) is 3.72. The third-order valence-electron chi connectivity index (χ3n) is 2.45. The monoisotopic (exact) mass is 252 g/mol. The van der Waals surface area contributed by atoms with E-state index in [-0.39, 0.29) is 6.04 Å². The average Bonchev–Trinajstić information content (AvgIpc) is 2.64. The molecule has 0 aliphatic heterocycles. The number of nitrogens with two attached hydrogens (primary N) is 1. The molecule has 0 amide bonds. The highest BCUT2D eigenvalue weighted by molar-refractivity contribution is 7.16. The molecular weight excluding hydrogens is 240 g/mol. The summed E-state index contributed by atoms with van der Waals surface area (Å²) in [5.74, 6) is 0. The number of halogens is 1. The molecule has 0 aliphatic carbocycles. The maximum Gasteiger partial charge on any atom is 0.0931 e. The number of hydrogen-bond donors (Lipinski definition) is 1. The Morgan fingerprint density at radius 3 is 2.88 bits per heavy atom. The number of pyridine rings is 1. The lowest BCUT2D eigenvalue weighted by molar-refractivity contribution is 0.697. The van der Waals surface area contributed by atoms with Crippen LogP contribution in [0, 0.1) is 6.92 Å². The lowest BCUT2D eigenvalue weighted by Gasteiger charge is -2.12. The SMILES string of the molecule is Cc1cccnc1C(N)Cc1ccc(Cl)s1. The first-order valence-electron chi connectivity index (χ1n) is 5.08. The van der Waals surface area contributed by atoms with Crippen LogP contribution < -0.4 is 5.73 Å². The highest BCUT2D eigenvalue weighted by Crippen LogP contribution is 2.25. The number of rotatable bonds is 3. The molecule has 0 radical (unpaired) electrons. The molecule has 0 fully saturated rings. The Balaban J connectivity index is 2.14. The zero-order chi connectivity index (χ0) is 11.5. The van der Waals surface area contributed by atoms with Crippen LogP contribution in [-0.2, 0) is 6.42 Å². The van der Waals surface area contributed by atoms with Crippen LogP contribution in [0.1, 0.15) is 22.2 Å². The van der Waals surface area contributed by atoms with Gasteiger partial charge in [-0.1, -0.05) is 17.7 Å². The van der Waals surface area contributed by atoms with Crippen molar-refractivity contribution in [1.82, 2.24) is 4.98 Å². The van der Waals surface area contributed by atoms with E-state index in [0.29, 0.717) is 0 Å². The van der Waals surface area contributed by atoms with Gasteiger partial charge in [-0.05, 0) is 30.7 Å². The fourth-order valence-electron chi connectivity index (χ4n) is 1.66. The van der Waals surface area contributed by atoms with E-state index in [1.165, 1.54) is 4.88 Å². The van der Waals surface area contributed by atoms with E-state index >= 15 is 0 Å². The highest BCUT2D eigenvalue weighted by Gasteiger charge is 2.11. The second kappa shape index (κ2) is 4.95. The number of aryl methyl sites for hydroxylation is 1. The lowest BCUT2D eigenvalue weighted by Crippen LogP contribution is -2.15. The Hall–Kier alpha value is -0.900. The summed E-state index contributed by atoms with van der Waals surface area (Å²) in [6.45, 7) is 2.03. The lowest BCUT2D eigenvalue weighted by atomic mass is 10.1. The van der Waals surface area contributed by atoms with E-state index in [2.05, 4.69) is 4.98 Å². The molecule has 1 atom stereocenters. The number of nitrogens with zero attached hydrogens (tertiary/aromatic N) is 1. The van der Waals surface area contributed by atoms with Crippen LogP contribution in [0.3, 0.4) is 0 Å². The predicted molar refractivity (Wildman–Crippen MR) is 68.9 cm³/mol. The van der Waals surface area contributed by atoms with Gasteiger partial charge in [0.2, 0.25) is 0 Å². The minimum Gasteiger partial charge on any atom is -0.322 e. The predicted octanol–water partition coefficient (Wildman–Crippen LogP) is 3.35. The number of aromatic nitrogens is 1. The largest absolute Gasteiger partial charge is 0.322 e. The van der Waals surface area contributed by atoms with Crippen molar-refractivity contribution in [3.8, 4) is 0 Å². The summed E-state index contributed by atoms with van der Waals surface area (Å²) in [5, 5.41) is 0. The van der Waals surface area contributed by atoms with Crippen molar-refractivity contribution in [2.45, 2.75) is 19.4 Å². The van der Waals surface area contributed by atoms with Crippen molar-refractivity contribution in [1.29, 1.82) is 0 Å². The van der Waals surface area contributed by atoms with Crippen molar-refractivity contribution in [2.75, 3.05) is 0 Å². The Labute approximate surface area is 104 Å². The highest BCUT2D eigenvalue weighted by atomic mass is 35.5. The summed E-state index contributed by atoms with van der Waals surface area (Å²) in [6, 6.07) is 7.82. The van der Waals surface area contributed by atoms with Crippen molar-refractivity contribution < 1.29 is 0 Å². The smallest absolute Gasteiger partial charge is 0.0931 e. The van der Waals surface area contributed by atoms with E-state index in [4.69, 9.17) is 17.3 Å². The standard InChI is InChI=1S/C12H13ClN2S/c1-8-3-2-6-15-12(8)10(14)7-9-4-5-11(13)16-9/h2-6,10H,7,14H2,1H3. The van der Waals surface area contributed by atoms with Crippen molar-refractivity contribution in [3.63, 3.8) is 0 Å². The first-order valence-corrected chi connectivity index (χ1v) is 6.27. The van der Waals surface area contributed by atoms with Gasteiger partial charge in [-0.15, -0.1) is 11.3 Å². The summed E-state index contributed by atoms with van der Waals surface area (Å²) in [4.78, 5) is 5.52. The molecule has 0 spiro atoms. The fourth-order valence-corrected chi connectivity index (χ4v) is 2.81. The summed E-state index contributed by atoms with van der Waals surface area (Å²) in [6.07, 6.45) is 2.57. The van der Waals surface area contributed by atoms with Crippen molar-refractivity contribution in [3.05, 3.63) is 50.9 Å². The summed E-state index contributed by atoms with van der Waals surface area (Å²) >= 11 is 7.46. The number of hydrogen-bond acceptors (Lipinski definition) is 3. The average molecular weight is 253 g/mol. The quantitative estimate of drug-likeness (QED) is 0.910. The van der Waals surface area contributed by atoms with Gasteiger partial charge in [-0.2, -0.15) is 0 Å². The van der Waals surface area contributed by atoms with Crippen LogP contribution in [-0.4, -0.2) is 4.98 Å². The Bertz CT molecular complexity index is 481. The first kappa shape index (κ1) is 11.6. The molecular formula is C12H13ClN2S. The van der Waals surface area contributed by atoms with Crippen molar-refractivity contribution in [2.24, 2.45) is 5.73 Å². The van der Waals surface area contributed by atoms with E-state index < -0.39 is 0 Å². The van der Waals surface area contributed by atoms with Crippen LogP contribution in [0.5, 0.6) is 0 Å². The zero-order valence-electron chi connectivity index (χ0n) is 8.98. The van der Waals surface area contributed by atoms with E-state index in [9.17, 15) is 0 Å². The van der Waals surface area contributed by atoms with Gasteiger partial charge in [0, 0.05) is 17.5 Å². The minimum absolute atomic E-state index is 0.0593. The van der Waals surface area contributed by atoms with E-state index in [0.717, 1.165) is 22.0 Å². The second-order valence-corrected chi connectivity index (χ2v) is 5.52. The van der Waals surface area contributed by atoms with E-state index in [1.54, 1.807) is 17.5 Å². The third kappa shape index (κ3) is 2.61. The van der Waals surface area contributed by atoms with Crippen LogP contribution >= 0.6 is 22.9 Å². The van der Waals surface area contributed by atoms with Gasteiger partial charge in [-0.3, -0.25) is 4.98 Å². The van der Waals surface area contributed by atoms with Gasteiger partial charge in [0.1, 0.15) is 0 Å². The van der Waals surface area contributed by atoms with Crippen LogP contribution in [0.25, 0.3) is 0 Å². The Kier molecular flexibility index (Phi) is 3.59. The van der Waals surface area contributed by atoms with Gasteiger partial charge in [0.15, 0.2) is 0 Å². The van der Waals surface area contributed by atoms with Crippen molar-refractivity contribution >= 4 is 22.9 Å². The molecule has 2 aromatic heterocycles. The van der Waals surface area contributed by atoms with Crippen LogP contribution in [0.15, 0.2) is 30.5 Å². The molecule has 2 N–H and O–H groups in total. The maximum atomic E-state index is 6.14. The summed E-state index contributed by atoms with van der Waals surface area (Å²) in [7, 11) is 0. The molecule has 84 valence electrons. The molecule has 2 rings (SSSR count). The van der Waals surface area contributed by atoms with Crippen LogP contribution in [0.4, 0.5) is 0 Å². The molecule has 0 saturated carbocycles. The van der Waals surface area contributed by atoms with Gasteiger partial charge < -0.3 is 5.73 Å².